The number of likely N-dealkylation sites (N-methyl/N-ethyl adjacent to an activating group) is 1. The van der Waals surface area contributed by atoms with E-state index in [2.05, 4.69) is 40.1 Å². The summed E-state index contributed by atoms with van der Waals surface area (Å²) in [5.41, 5.74) is 1.94. The molecule has 2 aromatic rings. The first-order valence-corrected chi connectivity index (χ1v) is 9.48. The molecule has 0 atom stereocenters. The third-order valence-corrected chi connectivity index (χ3v) is 5.49. The van der Waals surface area contributed by atoms with Gasteiger partial charge in [0, 0.05) is 31.1 Å². The molecule has 0 aliphatic carbocycles. The molecule has 5 nitrogen and oxygen atoms in total. The van der Waals surface area contributed by atoms with E-state index in [4.69, 9.17) is 0 Å². The molecule has 132 valence electrons. The molecule has 0 spiro atoms. The Kier molecular flexibility index (Phi) is 5.94. The summed E-state index contributed by atoms with van der Waals surface area (Å²) in [7, 11) is 2.14. The smallest absolute Gasteiger partial charge is 0.234 e. The number of aryl methyl sites for hydroxylation is 1. The Morgan fingerprint density at radius 2 is 1.92 bits per heavy atom. The first-order chi connectivity index (χ1) is 12.1. The first kappa shape index (κ1) is 17.8. The van der Waals surface area contributed by atoms with Crippen molar-refractivity contribution in [1.29, 1.82) is 0 Å². The SMILES string of the molecule is Cc1ccccc1SCC(=O)Nc1ccc(N2CCN(C)CC2)nc1. The van der Waals surface area contributed by atoms with Crippen molar-refractivity contribution in [2.24, 2.45) is 0 Å². The topological polar surface area (TPSA) is 48.5 Å². The monoisotopic (exact) mass is 356 g/mol. The molecule has 0 bridgehead atoms. The van der Waals surface area contributed by atoms with Gasteiger partial charge in [-0.3, -0.25) is 4.79 Å². The van der Waals surface area contributed by atoms with E-state index >= 15 is 0 Å². The average Bonchev–Trinajstić information content (AvgIpc) is 2.62. The number of amides is 1. The van der Waals surface area contributed by atoms with Crippen molar-refractivity contribution in [1.82, 2.24) is 9.88 Å². The van der Waals surface area contributed by atoms with E-state index in [0.717, 1.165) is 42.6 Å². The predicted molar refractivity (Wildman–Crippen MR) is 104 cm³/mol. The van der Waals surface area contributed by atoms with Crippen LogP contribution in [0.1, 0.15) is 5.56 Å². The van der Waals surface area contributed by atoms with Crippen LogP contribution in [0, 0.1) is 6.92 Å². The van der Waals surface area contributed by atoms with E-state index in [1.165, 1.54) is 5.56 Å². The minimum atomic E-state index is -0.0117. The van der Waals surface area contributed by atoms with E-state index in [1.54, 1.807) is 18.0 Å². The Bertz CT molecular complexity index is 712. The van der Waals surface area contributed by atoms with Gasteiger partial charge in [0.25, 0.3) is 0 Å². The van der Waals surface area contributed by atoms with Crippen LogP contribution < -0.4 is 10.2 Å². The van der Waals surface area contributed by atoms with Gasteiger partial charge in [0.2, 0.25) is 5.91 Å². The molecule has 0 unspecified atom stereocenters. The number of anilines is 2. The standard InChI is InChI=1S/C19H24N4OS/c1-15-5-3-4-6-17(15)25-14-19(24)21-16-7-8-18(20-13-16)23-11-9-22(2)10-12-23/h3-8,13H,9-12,14H2,1-2H3,(H,21,24). The van der Waals surface area contributed by atoms with Gasteiger partial charge in [-0.1, -0.05) is 18.2 Å². The molecule has 2 heterocycles. The molecule has 1 aliphatic rings. The molecule has 25 heavy (non-hydrogen) atoms. The Hall–Kier alpha value is -2.05. The van der Waals surface area contributed by atoms with Gasteiger partial charge in [-0.2, -0.15) is 0 Å². The number of hydrogen-bond donors (Lipinski definition) is 1. The highest BCUT2D eigenvalue weighted by Crippen LogP contribution is 2.22. The van der Waals surface area contributed by atoms with Crippen molar-refractivity contribution in [2.75, 3.05) is 49.2 Å². The number of benzene rings is 1. The highest BCUT2D eigenvalue weighted by Gasteiger charge is 2.15. The van der Waals surface area contributed by atoms with E-state index in [9.17, 15) is 4.79 Å². The summed E-state index contributed by atoms with van der Waals surface area (Å²) in [6, 6.07) is 12.0. The minimum Gasteiger partial charge on any atom is -0.354 e. The minimum absolute atomic E-state index is 0.0117. The number of nitrogens with one attached hydrogen (secondary N) is 1. The van der Waals surface area contributed by atoms with Gasteiger partial charge in [0.1, 0.15) is 5.82 Å². The molecule has 1 aliphatic heterocycles. The number of aromatic nitrogens is 1. The number of piperazine rings is 1. The highest BCUT2D eigenvalue weighted by molar-refractivity contribution is 8.00. The van der Waals surface area contributed by atoms with Gasteiger partial charge in [-0.05, 0) is 37.7 Å². The van der Waals surface area contributed by atoms with Crippen LogP contribution >= 0.6 is 11.8 Å². The molecule has 1 N–H and O–H groups in total. The van der Waals surface area contributed by atoms with Gasteiger partial charge in [0.05, 0.1) is 17.6 Å². The fourth-order valence-corrected chi connectivity index (χ4v) is 3.57. The number of nitrogens with zero attached hydrogens (tertiary/aromatic N) is 3. The van der Waals surface area contributed by atoms with Gasteiger partial charge >= 0.3 is 0 Å². The van der Waals surface area contributed by atoms with Crippen LogP contribution in [0.4, 0.5) is 11.5 Å². The maximum Gasteiger partial charge on any atom is 0.234 e. The van der Waals surface area contributed by atoms with Crippen LogP contribution in [0.5, 0.6) is 0 Å². The van der Waals surface area contributed by atoms with Crippen LogP contribution in [-0.2, 0) is 4.79 Å². The zero-order chi connectivity index (χ0) is 17.6. The van der Waals surface area contributed by atoms with E-state index in [-0.39, 0.29) is 5.91 Å². The molecule has 1 aromatic heterocycles. The Morgan fingerprint density at radius 3 is 2.60 bits per heavy atom. The largest absolute Gasteiger partial charge is 0.354 e. The fraction of sp³-hybridized carbons (Fsp3) is 0.368. The number of thioether (sulfide) groups is 1. The van der Waals surface area contributed by atoms with Crippen LogP contribution in [0.3, 0.4) is 0 Å². The summed E-state index contributed by atoms with van der Waals surface area (Å²) in [5, 5.41) is 2.92. The van der Waals surface area contributed by atoms with Gasteiger partial charge in [-0.25, -0.2) is 4.98 Å². The van der Waals surface area contributed by atoms with Gasteiger partial charge in [0.15, 0.2) is 0 Å². The third kappa shape index (κ3) is 4.96. The Balaban J connectivity index is 1.51. The third-order valence-electron chi connectivity index (χ3n) is 4.31. The van der Waals surface area contributed by atoms with Crippen LogP contribution in [-0.4, -0.2) is 54.8 Å². The van der Waals surface area contributed by atoms with Crippen molar-refractivity contribution < 1.29 is 4.79 Å². The average molecular weight is 356 g/mol. The fourth-order valence-electron chi connectivity index (χ4n) is 2.74. The van der Waals surface area contributed by atoms with Crippen LogP contribution in [0.15, 0.2) is 47.5 Å². The molecular weight excluding hydrogens is 332 g/mol. The van der Waals surface area contributed by atoms with Gasteiger partial charge < -0.3 is 15.1 Å². The summed E-state index contributed by atoms with van der Waals surface area (Å²) >= 11 is 1.56. The lowest BCUT2D eigenvalue weighted by molar-refractivity contribution is -0.113. The summed E-state index contributed by atoms with van der Waals surface area (Å²) in [4.78, 5) is 22.4. The lowest BCUT2D eigenvalue weighted by Crippen LogP contribution is -2.44. The van der Waals surface area contributed by atoms with Crippen molar-refractivity contribution in [3.8, 4) is 0 Å². The zero-order valence-corrected chi connectivity index (χ0v) is 15.6. The summed E-state index contributed by atoms with van der Waals surface area (Å²) < 4.78 is 0. The summed E-state index contributed by atoms with van der Waals surface area (Å²) in [5.74, 6) is 1.35. The Morgan fingerprint density at radius 1 is 1.16 bits per heavy atom. The molecule has 6 heteroatoms. The quantitative estimate of drug-likeness (QED) is 0.835. The molecule has 1 amide bonds. The molecule has 0 saturated carbocycles. The van der Waals surface area contributed by atoms with E-state index < -0.39 is 0 Å². The van der Waals surface area contributed by atoms with Crippen molar-refractivity contribution in [3.05, 3.63) is 48.2 Å². The lowest BCUT2D eigenvalue weighted by atomic mass is 10.2. The molecular formula is C19H24N4OS. The molecule has 0 radical (unpaired) electrons. The predicted octanol–water partition coefficient (Wildman–Crippen LogP) is 2.87. The molecule has 1 aromatic carbocycles. The van der Waals surface area contributed by atoms with E-state index in [1.807, 2.05) is 30.3 Å². The number of pyridine rings is 1. The second-order valence-corrected chi connectivity index (χ2v) is 7.31. The van der Waals surface area contributed by atoms with E-state index in [0.29, 0.717) is 5.75 Å². The second-order valence-electron chi connectivity index (χ2n) is 6.30. The van der Waals surface area contributed by atoms with Crippen molar-refractivity contribution in [2.45, 2.75) is 11.8 Å². The second kappa shape index (κ2) is 8.36. The maximum absolute atomic E-state index is 12.1. The zero-order valence-electron chi connectivity index (χ0n) is 14.7. The molecule has 3 rings (SSSR count). The van der Waals surface area contributed by atoms with Crippen molar-refractivity contribution >= 4 is 29.2 Å². The van der Waals surface area contributed by atoms with Crippen LogP contribution in [0.25, 0.3) is 0 Å². The number of carbonyl (C=O) groups excluding carboxylic acids is 1. The molecule has 1 saturated heterocycles. The van der Waals surface area contributed by atoms with Crippen LogP contribution in [0.2, 0.25) is 0 Å². The summed E-state index contributed by atoms with van der Waals surface area (Å²) in [6.07, 6.45) is 1.74. The number of carbonyl (C=O) groups is 1. The first-order valence-electron chi connectivity index (χ1n) is 8.49. The number of hydrogen-bond acceptors (Lipinski definition) is 5. The van der Waals surface area contributed by atoms with Gasteiger partial charge in [-0.15, -0.1) is 11.8 Å². The lowest BCUT2D eigenvalue weighted by Gasteiger charge is -2.33. The molecule has 1 fully saturated rings. The summed E-state index contributed by atoms with van der Waals surface area (Å²) in [6.45, 7) is 6.14. The highest BCUT2D eigenvalue weighted by atomic mass is 32.2. The normalized spacial score (nSPS) is 15.2. The number of rotatable bonds is 5. The van der Waals surface area contributed by atoms with Crippen molar-refractivity contribution in [3.63, 3.8) is 0 Å². The maximum atomic E-state index is 12.1. The Labute approximate surface area is 153 Å².